The number of rotatable bonds is 6. The van der Waals surface area contributed by atoms with Crippen molar-refractivity contribution in [1.29, 1.82) is 0 Å². The summed E-state index contributed by atoms with van der Waals surface area (Å²) in [7, 11) is 3.83. The van der Waals surface area contributed by atoms with E-state index in [0.29, 0.717) is 30.2 Å². The first-order chi connectivity index (χ1) is 15.1. The Labute approximate surface area is 182 Å². The second kappa shape index (κ2) is 8.43. The molecule has 0 spiro atoms. The third-order valence-electron chi connectivity index (χ3n) is 6.91. The molecule has 164 valence electrons. The van der Waals surface area contributed by atoms with Crippen molar-refractivity contribution in [1.82, 2.24) is 24.6 Å². The van der Waals surface area contributed by atoms with E-state index in [2.05, 4.69) is 43.0 Å². The van der Waals surface area contributed by atoms with Gasteiger partial charge in [-0.3, -0.25) is 4.90 Å². The molecule has 8 heteroatoms. The van der Waals surface area contributed by atoms with E-state index in [1.165, 1.54) is 5.69 Å². The highest BCUT2D eigenvalue weighted by Crippen LogP contribution is 2.39. The van der Waals surface area contributed by atoms with Crippen LogP contribution in [0.15, 0.2) is 40.9 Å². The van der Waals surface area contributed by atoms with Gasteiger partial charge in [-0.1, -0.05) is 6.07 Å². The molecule has 2 fully saturated rings. The summed E-state index contributed by atoms with van der Waals surface area (Å²) >= 11 is 0. The van der Waals surface area contributed by atoms with Gasteiger partial charge in [0, 0.05) is 39.1 Å². The van der Waals surface area contributed by atoms with Crippen molar-refractivity contribution in [2.24, 2.45) is 18.9 Å². The molecule has 31 heavy (non-hydrogen) atoms. The third-order valence-corrected chi connectivity index (χ3v) is 6.91. The van der Waals surface area contributed by atoms with Gasteiger partial charge >= 0.3 is 0 Å². The van der Waals surface area contributed by atoms with Crippen LogP contribution in [0.3, 0.4) is 0 Å². The Hall–Kier alpha value is -2.71. The average molecular weight is 423 g/mol. The van der Waals surface area contributed by atoms with Crippen molar-refractivity contribution in [2.45, 2.75) is 38.5 Å². The summed E-state index contributed by atoms with van der Waals surface area (Å²) in [5.74, 6) is 3.44. The zero-order valence-corrected chi connectivity index (χ0v) is 18.4. The maximum Gasteiger partial charge on any atom is 0.264 e. The van der Waals surface area contributed by atoms with Crippen molar-refractivity contribution < 1.29 is 9.15 Å². The molecule has 0 amide bonds. The molecule has 0 unspecified atom stereocenters. The van der Waals surface area contributed by atoms with Crippen LogP contribution in [0, 0.1) is 18.8 Å². The number of nitrogens with one attached hydrogen (secondary N) is 1. The number of ether oxygens (including phenoxy) is 1. The van der Waals surface area contributed by atoms with Gasteiger partial charge in [0.25, 0.3) is 5.89 Å². The zero-order valence-electron chi connectivity index (χ0n) is 18.4. The van der Waals surface area contributed by atoms with Crippen LogP contribution in [0.1, 0.15) is 24.4 Å². The van der Waals surface area contributed by atoms with Crippen LogP contribution in [0.2, 0.25) is 0 Å². The fourth-order valence-electron chi connectivity index (χ4n) is 5.13. The molecule has 8 nitrogen and oxygen atoms in total. The van der Waals surface area contributed by atoms with Gasteiger partial charge in [0.1, 0.15) is 11.5 Å². The molecule has 0 radical (unpaired) electrons. The Kier molecular flexibility index (Phi) is 5.50. The van der Waals surface area contributed by atoms with E-state index in [1.54, 1.807) is 0 Å². The fraction of sp³-hybridized carbons (Fsp3) is 0.522. The molecular formula is C23H30N6O2. The maximum absolute atomic E-state index is 5.99. The molecule has 4 atom stereocenters. The second-order valence-corrected chi connectivity index (χ2v) is 8.85. The number of nitrogens with zero attached hydrogens (tertiary/aromatic N) is 5. The predicted molar refractivity (Wildman–Crippen MR) is 117 cm³/mol. The molecule has 2 aliphatic rings. The largest absolute Gasteiger partial charge is 0.418 e. The minimum absolute atomic E-state index is 0.193. The highest BCUT2D eigenvalue weighted by atomic mass is 16.5. The van der Waals surface area contributed by atoms with Gasteiger partial charge in [0.05, 0.1) is 18.7 Å². The standard InChI is InChI=1S/C23H30N6O2/c1-15-7-8-19(28(15)2)23-27-26-22(31-23)14-29-12-16-10-18(20(30-3)11-17(16)13-29)25-21-6-4-5-9-24-21/h4-9,16-18,20H,10-14H2,1-3H3,(H,24,25)/t16-,17+,18-,20-/m1/s1. The molecule has 3 aromatic heterocycles. The first kappa shape index (κ1) is 20.2. The van der Waals surface area contributed by atoms with Crippen LogP contribution >= 0.6 is 0 Å². The monoisotopic (exact) mass is 422 g/mol. The fourth-order valence-corrected chi connectivity index (χ4v) is 5.13. The lowest BCUT2D eigenvalue weighted by Crippen LogP contribution is -2.44. The van der Waals surface area contributed by atoms with Gasteiger partial charge < -0.3 is 19.0 Å². The van der Waals surface area contributed by atoms with Crippen molar-refractivity contribution in [3.05, 3.63) is 48.1 Å². The van der Waals surface area contributed by atoms with E-state index in [9.17, 15) is 0 Å². The predicted octanol–water partition coefficient (Wildman–Crippen LogP) is 3.12. The summed E-state index contributed by atoms with van der Waals surface area (Å²) in [5, 5.41) is 12.2. The van der Waals surface area contributed by atoms with E-state index in [0.717, 1.165) is 37.4 Å². The molecule has 1 N–H and O–H groups in total. The molecule has 1 aliphatic carbocycles. The topological polar surface area (TPSA) is 81.2 Å². The number of hydrogen-bond donors (Lipinski definition) is 1. The van der Waals surface area contributed by atoms with Crippen LogP contribution in [-0.4, -0.2) is 57.0 Å². The van der Waals surface area contributed by atoms with E-state index >= 15 is 0 Å². The van der Waals surface area contributed by atoms with Gasteiger partial charge in [-0.15, -0.1) is 10.2 Å². The van der Waals surface area contributed by atoms with Crippen molar-refractivity contribution >= 4 is 5.82 Å². The summed E-state index contributed by atoms with van der Waals surface area (Å²) in [4.78, 5) is 6.87. The number of hydrogen-bond acceptors (Lipinski definition) is 7. The molecule has 1 aliphatic heterocycles. The lowest BCUT2D eigenvalue weighted by molar-refractivity contribution is 0.0304. The minimum atomic E-state index is 0.193. The molecule has 1 saturated heterocycles. The van der Waals surface area contributed by atoms with Gasteiger partial charge in [0.15, 0.2) is 0 Å². The summed E-state index contributed by atoms with van der Waals surface area (Å²) < 4.78 is 13.9. The van der Waals surface area contributed by atoms with Gasteiger partial charge in [-0.25, -0.2) is 4.98 Å². The molecule has 0 aromatic carbocycles. The van der Waals surface area contributed by atoms with Crippen LogP contribution in [0.5, 0.6) is 0 Å². The SMILES string of the molecule is CO[C@@H]1C[C@H]2CN(Cc3nnc(-c4ccc(C)n4C)o3)C[C@H]2C[C@H]1Nc1ccccn1. The first-order valence-electron chi connectivity index (χ1n) is 11.0. The van der Waals surface area contributed by atoms with Crippen molar-refractivity contribution in [3.63, 3.8) is 0 Å². The van der Waals surface area contributed by atoms with Gasteiger partial charge in [-0.2, -0.15) is 0 Å². The first-order valence-corrected chi connectivity index (χ1v) is 11.0. The summed E-state index contributed by atoms with van der Waals surface area (Å²) in [5.41, 5.74) is 2.12. The second-order valence-electron chi connectivity index (χ2n) is 8.85. The van der Waals surface area contributed by atoms with E-state index in [4.69, 9.17) is 9.15 Å². The number of fused-ring (bicyclic) bond motifs is 1. The molecule has 3 aromatic rings. The Bertz CT molecular complexity index is 1020. The number of aromatic nitrogens is 4. The summed E-state index contributed by atoms with van der Waals surface area (Å²) in [6.07, 6.45) is 4.15. The zero-order chi connectivity index (χ0) is 21.4. The van der Waals surface area contributed by atoms with E-state index in [1.807, 2.05) is 44.6 Å². The Balaban J connectivity index is 1.23. The van der Waals surface area contributed by atoms with E-state index in [-0.39, 0.29) is 12.1 Å². The molecule has 1 saturated carbocycles. The molecule has 5 rings (SSSR count). The number of aryl methyl sites for hydroxylation is 1. The minimum Gasteiger partial charge on any atom is -0.418 e. The summed E-state index contributed by atoms with van der Waals surface area (Å²) in [6, 6.07) is 10.3. The average Bonchev–Trinajstić information content (AvgIpc) is 3.48. The lowest BCUT2D eigenvalue weighted by Gasteiger charge is -2.37. The van der Waals surface area contributed by atoms with Crippen LogP contribution in [0.4, 0.5) is 5.82 Å². The maximum atomic E-state index is 5.99. The molecule has 4 heterocycles. The quantitative estimate of drug-likeness (QED) is 0.654. The number of likely N-dealkylation sites (tertiary alicyclic amines) is 1. The Morgan fingerprint density at radius 2 is 1.97 bits per heavy atom. The number of pyridine rings is 1. The highest BCUT2D eigenvalue weighted by molar-refractivity contribution is 5.48. The van der Waals surface area contributed by atoms with Crippen molar-refractivity contribution in [3.8, 4) is 11.6 Å². The molecule has 0 bridgehead atoms. The number of anilines is 1. The van der Waals surface area contributed by atoms with Crippen LogP contribution in [0.25, 0.3) is 11.6 Å². The van der Waals surface area contributed by atoms with Crippen LogP contribution < -0.4 is 5.32 Å². The van der Waals surface area contributed by atoms with Crippen molar-refractivity contribution in [2.75, 3.05) is 25.5 Å². The molecular weight excluding hydrogens is 392 g/mol. The van der Waals surface area contributed by atoms with E-state index < -0.39 is 0 Å². The normalized spacial score (nSPS) is 26.2. The highest BCUT2D eigenvalue weighted by Gasteiger charge is 2.42. The smallest absolute Gasteiger partial charge is 0.264 e. The summed E-state index contributed by atoms with van der Waals surface area (Å²) in [6.45, 7) is 4.85. The Morgan fingerprint density at radius 3 is 2.68 bits per heavy atom. The van der Waals surface area contributed by atoms with Crippen LogP contribution in [-0.2, 0) is 18.3 Å². The number of methoxy groups -OCH3 is 1. The Morgan fingerprint density at radius 1 is 1.13 bits per heavy atom. The third kappa shape index (κ3) is 4.09. The van der Waals surface area contributed by atoms with Gasteiger partial charge in [-0.05, 0) is 55.9 Å². The van der Waals surface area contributed by atoms with Gasteiger partial charge in [0.2, 0.25) is 5.89 Å². The lowest BCUT2D eigenvalue weighted by atomic mass is 9.77.